The molecule has 0 spiro atoms. The number of hydrogen-bond acceptors (Lipinski definition) is 4. The maximum atomic E-state index is 12.7. The Morgan fingerprint density at radius 2 is 2.04 bits per heavy atom. The van der Waals surface area contributed by atoms with Crippen LogP contribution in [0.5, 0.6) is 0 Å². The van der Waals surface area contributed by atoms with Crippen molar-refractivity contribution in [3.05, 3.63) is 34.9 Å². The number of amides is 2. The first-order valence-corrected chi connectivity index (χ1v) is 9.63. The van der Waals surface area contributed by atoms with Gasteiger partial charge in [-0.15, -0.1) is 0 Å². The van der Waals surface area contributed by atoms with Gasteiger partial charge in [-0.1, -0.05) is 23.7 Å². The second-order valence-corrected chi connectivity index (χ2v) is 7.22. The SMILES string of the molecule is O=C(CCN1CCC[C@H]1C(=O)N1CCOCC1)NCc1cccc(Cl)c1. The van der Waals surface area contributed by atoms with Gasteiger partial charge in [0.1, 0.15) is 0 Å². The standard InChI is InChI=1S/C19H26ClN3O3/c20-16-4-1-3-15(13-16)14-21-18(24)6-8-22-7-2-5-17(22)19(25)23-9-11-26-12-10-23/h1,3-4,13,17H,2,5-12,14H2,(H,21,24)/t17-/m0/s1. The van der Waals surface area contributed by atoms with E-state index in [1.165, 1.54) is 0 Å². The molecule has 142 valence electrons. The van der Waals surface area contributed by atoms with Gasteiger partial charge in [0, 0.05) is 37.6 Å². The fraction of sp³-hybridized carbons (Fsp3) is 0.579. The molecule has 2 amide bonds. The summed E-state index contributed by atoms with van der Waals surface area (Å²) in [5.74, 6) is 0.180. The Labute approximate surface area is 159 Å². The number of carbonyl (C=O) groups excluding carboxylic acids is 2. The van der Waals surface area contributed by atoms with E-state index < -0.39 is 0 Å². The number of halogens is 1. The molecule has 0 unspecified atom stereocenters. The lowest BCUT2D eigenvalue weighted by atomic mass is 10.1. The number of ether oxygens (including phenoxy) is 1. The minimum absolute atomic E-state index is 0.00514. The van der Waals surface area contributed by atoms with Crippen LogP contribution >= 0.6 is 11.6 Å². The van der Waals surface area contributed by atoms with Crippen molar-refractivity contribution in [2.45, 2.75) is 31.8 Å². The van der Waals surface area contributed by atoms with Crippen LogP contribution in [-0.2, 0) is 20.9 Å². The van der Waals surface area contributed by atoms with Crippen LogP contribution in [0.1, 0.15) is 24.8 Å². The third kappa shape index (κ3) is 5.19. The number of benzene rings is 1. The minimum Gasteiger partial charge on any atom is -0.378 e. The maximum Gasteiger partial charge on any atom is 0.240 e. The minimum atomic E-state index is -0.0890. The predicted molar refractivity (Wildman–Crippen MR) is 99.9 cm³/mol. The molecule has 0 aliphatic carbocycles. The van der Waals surface area contributed by atoms with Gasteiger partial charge in [0.15, 0.2) is 0 Å². The van der Waals surface area contributed by atoms with Crippen molar-refractivity contribution < 1.29 is 14.3 Å². The molecule has 2 aliphatic rings. The fourth-order valence-corrected chi connectivity index (χ4v) is 3.76. The topological polar surface area (TPSA) is 61.9 Å². The van der Waals surface area contributed by atoms with Crippen LogP contribution in [0.4, 0.5) is 0 Å². The molecule has 2 aliphatic heterocycles. The van der Waals surface area contributed by atoms with Gasteiger partial charge in [-0.25, -0.2) is 0 Å². The molecule has 1 aromatic carbocycles. The summed E-state index contributed by atoms with van der Waals surface area (Å²) >= 11 is 5.95. The first-order valence-electron chi connectivity index (χ1n) is 9.25. The van der Waals surface area contributed by atoms with E-state index in [1.807, 2.05) is 29.2 Å². The van der Waals surface area contributed by atoms with Crippen molar-refractivity contribution in [1.82, 2.24) is 15.1 Å². The van der Waals surface area contributed by atoms with E-state index in [2.05, 4.69) is 10.2 Å². The van der Waals surface area contributed by atoms with E-state index in [9.17, 15) is 9.59 Å². The molecule has 6 nitrogen and oxygen atoms in total. The number of likely N-dealkylation sites (tertiary alicyclic amines) is 1. The summed E-state index contributed by atoms with van der Waals surface area (Å²) in [5, 5.41) is 3.59. The van der Waals surface area contributed by atoms with E-state index in [1.54, 1.807) is 0 Å². The molecule has 2 fully saturated rings. The first-order chi connectivity index (χ1) is 12.6. The predicted octanol–water partition coefficient (Wildman–Crippen LogP) is 1.67. The average molecular weight is 380 g/mol. The van der Waals surface area contributed by atoms with Crippen molar-refractivity contribution in [1.29, 1.82) is 0 Å². The summed E-state index contributed by atoms with van der Waals surface area (Å²) in [6, 6.07) is 7.37. The van der Waals surface area contributed by atoms with Crippen molar-refractivity contribution in [2.75, 3.05) is 39.4 Å². The number of morpholine rings is 1. The van der Waals surface area contributed by atoms with E-state index in [0.29, 0.717) is 50.8 Å². The molecule has 2 saturated heterocycles. The molecule has 1 aromatic rings. The number of nitrogens with zero attached hydrogens (tertiary/aromatic N) is 2. The zero-order valence-electron chi connectivity index (χ0n) is 15.0. The zero-order valence-corrected chi connectivity index (χ0v) is 15.7. The monoisotopic (exact) mass is 379 g/mol. The van der Waals surface area contributed by atoms with Gasteiger partial charge in [-0.2, -0.15) is 0 Å². The highest BCUT2D eigenvalue weighted by molar-refractivity contribution is 6.30. The Morgan fingerprint density at radius 1 is 1.23 bits per heavy atom. The van der Waals surface area contributed by atoms with Crippen LogP contribution in [0, 0.1) is 0 Å². The van der Waals surface area contributed by atoms with Gasteiger partial charge in [0.05, 0.1) is 19.3 Å². The summed E-state index contributed by atoms with van der Waals surface area (Å²) in [6.07, 6.45) is 2.28. The highest BCUT2D eigenvalue weighted by atomic mass is 35.5. The van der Waals surface area contributed by atoms with Gasteiger partial charge in [-0.05, 0) is 37.1 Å². The molecular formula is C19H26ClN3O3. The molecule has 7 heteroatoms. The van der Waals surface area contributed by atoms with Gasteiger partial charge >= 0.3 is 0 Å². The van der Waals surface area contributed by atoms with Gasteiger partial charge in [0.25, 0.3) is 0 Å². The Morgan fingerprint density at radius 3 is 2.81 bits per heavy atom. The zero-order chi connectivity index (χ0) is 18.4. The maximum absolute atomic E-state index is 12.7. The van der Waals surface area contributed by atoms with E-state index >= 15 is 0 Å². The lowest BCUT2D eigenvalue weighted by Crippen LogP contribution is -2.50. The molecule has 0 radical (unpaired) electrons. The summed E-state index contributed by atoms with van der Waals surface area (Å²) in [4.78, 5) is 28.9. The van der Waals surface area contributed by atoms with Crippen molar-refractivity contribution in [2.24, 2.45) is 0 Å². The summed E-state index contributed by atoms with van der Waals surface area (Å²) in [7, 11) is 0. The van der Waals surface area contributed by atoms with Gasteiger partial charge in [0.2, 0.25) is 11.8 Å². The molecule has 0 aromatic heterocycles. The van der Waals surface area contributed by atoms with Crippen LogP contribution in [0.25, 0.3) is 0 Å². The molecular weight excluding hydrogens is 354 g/mol. The van der Waals surface area contributed by atoms with E-state index in [0.717, 1.165) is 24.9 Å². The van der Waals surface area contributed by atoms with Crippen LogP contribution in [0.2, 0.25) is 5.02 Å². The van der Waals surface area contributed by atoms with Crippen LogP contribution in [0.3, 0.4) is 0 Å². The number of rotatable bonds is 6. The summed E-state index contributed by atoms with van der Waals surface area (Å²) < 4.78 is 5.32. The molecule has 1 atom stereocenters. The highest BCUT2D eigenvalue weighted by Crippen LogP contribution is 2.20. The van der Waals surface area contributed by atoms with Crippen LogP contribution in [0.15, 0.2) is 24.3 Å². The second-order valence-electron chi connectivity index (χ2n) is 6.79. The Balaban J connectivity index is 1.44. The smallest absolute Gasteiger partial charge is 0.240 e. The van der Waals surface area contributed by atoms with Crippen molar-refractivity contribution in [3.8, 4) is 0 Å². The normalized spacial score (nSPS) is 21.0. The van der Waals surface area contributed by atoms with Crippen molar-refractivity contribution in [3.63, 3.8) is 0 Å². The number of hydrogen-bond donors (Lipinski definition) is 1. The van der Waals surface area contributed by atoms with Gasteiger partial charge < -0.3 is 15.0 Å². The van der Waals surface area contributed by atoms with Crippen molar-refractivity contribution >= 4 is 23.4 Å². The third-order valence-corrected chi connectivity index (χ3v) is 5.21. The number of carbonyl (C=O) groups is 2. The fourth-order valence-electron chi connectivity index (χ4n) is 3.55. The highest BCUT2D eigenvalue weighted by Gasteiger charge is 2.34. The lowest BCUT2D eigenvalue weighted by molar-refractivity contribution is -0.140. The third-order valence-electron chi connectivity index (χ3n) is 4.98. The molecule has 26 heavy (non-hydrogen) atoms. The number of nitrogens with one attached hydrogen (secondary N) is 1. The van der Waals surface area contributed by atoms with Gasteiger partial charge in [-0.3, -0.25) is 14.5 Å². The molecule has 0 saturated carbocycles. The molecule has 2 heterocycles. The Bertz CT molecular complexity index is 634. The average Bonchev–Trinajstić information content (AvgIpc) is 3.13. The van der Waals surface area contributed by atoms with E-state index in [4.69, 9.17) is 16.3 Å². The molecule has 0 bridgehead atoms. The molecule has 3 rings (SSSR count). The summed E-state index contributed by atoms with van der Waals surface area (Å²) in [6.45, 7) is 4.53. The van der Waals surface area contributed by atoms with E-state index in [-0.39, 0.29) is 17.9 Å². The quantitative estimate of drug-likeness (QED) is 0.816. The largest absolute Gasteiger partial charge is 0.378 e. The van der Waals surface area contributed by atoms with Crippen LogP contribution in [-0.4, -0.2) is 67.0 Å². The Hall–Kier alpha value is -1.63. The Kier molecular flexibility index (Phi) is 6.88. The lowest BCUT2D eigenvalue weighted by Gasteiger charge is -2.32. The molecule has 1 N–H and O–H groups in total. The summed E-state index contributed by atoms with van der Waals surface area (Å²) in [5.41, 5.74) is 0.979. The second kappa shape index (κ2) is 9.35. The van der Waals surface area contributed by atoms with Crippen LogP contribution < -0.4 is 5.32 Å². The first kappa shape index (κ1) is 19.1.